The zero-order chi connectivity index (χ0) is 19.4. The van der Waals surface area contributed by atoms with Crippen LogP contribution in [0.5, 0.6) is 5.75 Å². The molecule has 140 valence electrons. The van der Waals surface area contributed by atoms with Crippen LogP contribution in [0.2, 0.25) is 0 Å². The molecule has 1 N–H and O–H groups in total. The zero-order valence-electron chi connectivity index (χ0n) is 15.0. The van der Waals surface area contributed by atoms with Crippen molar-refractivity contribution in [3.63, 3.8) is 0 Å². The molecule has 0 aliphatic rings. The number of anilines is 1. The number of rotatable bonds is 7. The highest BCUT2D eigenvalue weighted by atomic mass is 32.1. The molecular formula is C19H19N3O4S. The number of thiazole rings is 1. The molecule has 0 atom stereocenters. The van der Waals surface area contributed by atoms with Gasteiger partial charge in [-0.1, -0.05) is 23.5 Å². The molecule has 1 amide bonds. The zero-order valence-corrected chi connectivity index (χ0v) is 15.8. The normalized spacial score (nSPS) is 10.7. The Kier molecular flexibility index (Phi) is 5.66. The number of amides is 1. The van der Waals surface area contributed by atoms with E-state index in [-0.39, 0.29) is 11.6 Å². The summed E-state index contributed by atoms with van der Waals surface area (Å²) in [6, 6.07) is 10.3. The predicted molar refractivity (Wildman–Crippen MR) is 106 cm³/mol. The quantitative estimate of drug-likeness (QED) is 0.364. The average molecular weight is 385 g/mol. The van der Waals surface area contributed by atoms with Gasteiger partial charge in [-0.2, -0.15) is 0 Å². The first kappa shape index (κ1) is 18.8. The van der Waals surface area contributed by atoms with Crippen LogP contribution in [0.1, 0.15) is 24.0 Å². The maximum Gasteiger partial charge on any atom is 0.270 e. The van der Waals surface area contributed by atoms with Crippen LogP contribution < -0.4 is 10.1 Å². The highest BCUT2D eigenvalue weighted by Crippen LogP contribution is 2.29. The maximum atomic E-state index is 12.1. The molecule has 0 fully saturated rings. The van der Waals surface area contributed by atoms with Crippen LogP contribution in [0, 0.1) is 24.0 Å². The van der Waals surface area contributed by atoms with Crippen LogP contribution in [0.25, 0.3) is 10.2 Å². The first-order valence-corrected chi connectivity index (χ1v) is 9.29. The van der Waals surface area contributed by atoms with Gasteiger partial charge >= 0.3 is 0 Å². The highest BCUT2D eigenvalue weighted by molar-refractivity contribution is 7.22. The molecule has 8 heteroatoms. The number of aromatic nitrogens is 1. The first-order chi connectivity index (χ1) is 12.9. The summed E-state index contributed by atoms with van der Waals surface area (Å²) in [5.74, 6) is 0.677. The van der Waals surface area contributed by atoms with E-state index < -0.39 is 4.92 Å². The molecule has 2 aromatic carbocycles. The molecule has 0 saturated carbocycles. The fourth-order valence-corrected chi connectivity index (χ4v) is 3.47. The van der Waals surface area contributed by atoms with Crippen molar-refractivity contribution in [3.05, 3.63) is 57.6 Å². The number of fused-ring (bicyclic) bond motifs is 1. The number of ether oxygens (including phenoxy) is 1. The third-order valence-corrected chi connectivity index (χ3v) is 5.12. The standard InChI is InChI=1S/C19H19N3O4S/c1-12-5-3-6-16(13(12)2)26-10-4-7-18(23)21-19-20-15-9-8-14(22(24)25)11-17(15)27-19/h3,5-6,8-9,11H,4,7,10H2,1-2H3,(H,20,21,23). The van der Waals surface area contributed by atoms with E-state index >= 15 is 0 Å². The Balaban J connectivity index is 1.51. The number of benzene rings is 2. The molecule has 0 unspecified atom stereocenters. The van der Waals surface area contributed by atoms with Gasteiger partial charge < -0.3 is 10.1 Å². The van der Waals surface area contributed by atoms with Crippen LogP contribution in [-0.4, -0.2) is 22.4 Å². The van der Waals surface area contributed by atoms with Crippen molar-refractivity contribution in [2.45, 2.75) is 26.7 Å². The summed E-state index contributed by atoms with van der Waals surface area (Å²) in [5.41, 5.74) is 2.90. The van der Waals surface area contributed by atoms with Gasteiger partial charge in [0.25, 0.3) is 5.69 Å². The molecule has 27 heavy (non-hydrogen) atoms. The fraction of sp³-hybridized carbons (Fsp3) is 0.263. The molecule has 0 spiro atoms. The lowest BCUT2D eigenvalue weighted by molar-refractivity contribution is -0.384. The minimum atomic E-state index is -0.451. The smallest absolute Gasteiger partial charge is 0.270 e. The Bertz CT molecular complexity index is 1000. The highest BCUT2D eigenvalue weighted by Gasteiger charge is 2.12. The van der Waals surface area contributed by atoms with E-state index in [2.05, 4.69) is 10.3 Å². The van der Waals surface area contributed by atoms with Gasteiger partial charge in [-0.15, -0.1) is 0 Å². The Morgan fingerprint density at radius 3 is 2.89 bits per heavy atom. The van der Waals surface area contributed by atoms with Crippen LogP contribution in [0.3, 0.4) is 0 Å². The minimum absolute atomic E-state index is 0.00705. The van der Waals surface area contributed by atoms with E-state index in [0.717, 1.165) is 11.3 Å². The van der Waals surface area contributed by atoms with E-state index in [1.54, 1.807) is 6.07 Å². The maximum absolute atomic E-state index is 12.1. The SMILES string of the molecule is Cc1cccc(OCCCC(=O)Nc2nc3ccc([N+](=O)[O-])cc3s2)c1C. The molecule has 1 aromatic heterocycles. The van der Waals surface area contributed by atoms with Gasteiger partial charge in [0.1, 0.15) is 5.75 Å². The van der Waals surface area contributed by atoms with Crippen molar-refractivity contribution in [3.8, 4) is 5.75 Å². The van der Waals surface area contributed by atoms with Crippen molar-refractivity contribution in [1.82, 2.24) is 4.98 Å². The number of aryl methyl sites for hydroxylation is 1. The lowest BCUT2D eigenvalue weighted by atomic mass is 10.1. The number of hydrogen-bond acceptors (Lipinski definition) is 6. The topological polar surface area (TPSA) is 94.4 Å². The summed E-state index contributed by atoms with van der Waals surface area (Å²) in [6.07, 6.45) is 0.885. The number of nitro groups is 1. The third-order valence-electron chi connectivity index (χ3n) is 4.19. The van der Waals surface area contributed by atoms with Gasteiger partial charge in [-0.05, 0) is 43.5 Å². The van der Waals surface area contributed by atoms with Crippen molar-refractivity contribution >= 4 is 38.3 Å². The fourth-order valence-electron chi connectivity index (χ4n) is 2.56. The second-order valence-corrected chi connectivity index (χ2v) is 7.16. The van der Waals surface area contributed by atoms with Gasteiger partial charge in [0.15, 0.2) is 5.13 Å². The molecule has 3 aromatic rings. The minimum Gasteiger partial charge on any atom is -0.493 e. The summed E-state index contributed by atoms with van der Waals surface area (Å²) >= 11 is 1.22. The van der Waals surface area contributed by atoms with E-state index in [1.165, 1.54) is 29.0 Å². The summed E-state index contributed by atoms with van der Waals surface area (Å²) in [7, 11) is 0. The predicted octanol–water partition coefficient (Wildman–Crippen LogP) is 4.62. The lowest BCUT2D eigenvalue weighted by Crippen LogP contribution is -2.12. The summed E-state index contributed by atoms with van der Waals surface area (Å²) in [5, 5.41) is 14.0. The Morgan fingerprint density at radius 2 is 2.11 bits per heavy atom. The van der Waals surface area contributed by atoms with E-state index in [4.69, 9.17) is 4.74 Å². The van der Waals surface area contributed by atoms with Crippen molar-refractivity contribution in [1.29, 1.82) is 0 Å². The van der Waals surface area contributed by atoms with Crippen molar-refractivity contribution in [2.24, 2.45) is 0 Å². The number of carbonyl (C=O) groups excluding carboxylic acids is 1. The number of nitrogens with one attached hydrogen (secondary N) is 1. The number of non-ortho nitro benzene ring substituents is 1. The average Bonchev–Trinajstić information content (AvgIpc) is 3.03. The molecule has 3 rings (SSSR count). The van der Waals surface area contributed by atoms with Gasteiger partial charge in [0.05, 0.1) is 21.7 Å². The largest absolute Gasteiger partial charge is 0.493 e. The molecule has 7 nitrogen and oxygen atoms in total. The summed E-state index contributed by atoms with van der Waals surface area (Å²) in [4.78, 5) is 26.7. The van der Waals surface area contributed by atoms with Crippen LogP contribution >= 0.6 is 11.3 Å². The van der Waals surface area contributed by atoms with Crippen LogP contribution in [0.15, 0.2) is 36.4 Å². The number of hydrogen-bond donors (Lipinski definition) is 1. The molecule has 0 radical (unpaired) electrons. The second kappa shape index (κ2) is 8.13. The number of nitro benzene ring substituents is 1. The van der Waals surface area contributed by atoms with E-state index in [0.29, 0.717) is 34.8 Å². The summed E-state index contributed by atoms with van der Waals surface area (Å²) < 4.78 is 6.41. The Morgan fingerprint density at radius 1 is 1.30 bits per heavy atom. The molecule has 0 aliphatic heterocycles. The molecule has 1 heterocycles. The van der Waals surface area contributed by atoms with E-state index in [1.807, 2.05) is 32.0 Å². The number of carbonyl (C=O) groups is 1. The van der Waals surface area contributed by atoms with Gasteiger partial charge in [-0.3, -0.25) is 14.9 Å². The molecular weight excluding hydrogens is 366 g/mol. The number of nitrogens with zero attached hydrogens (tertiary/aromatic N) is 2. The lowest BCUT2D eigenvalue weighted by Gasteiger charge is -2.10. The molecule has 0 bridgehead atoms. The van der Waals surface area contributed by atoms with Crippen molar-refractivity contribution in [2.75, 3.05) is 11.9 Å². The summed E-state index contributed by atoms with van der Waals surface area (Å²) in [6.45, 7) is 4.49. The Labute approximate surface area is 160 Å². The van der Waals surface area contributed by atoms with Crippen molar-refractivity contribution < 1.29 is 14.5 Å². The third kappa shape index (κ3) is 4.59. The van der Waals surface area contributed by atoms with Gasteiger partial charge in [0.2, 0.25) is 5.91 Å². The second-order valence-electron chi connectivity index (χ2n) is 6.13. The molecule has 0 aliphatic carbocycles. The van der Waals surface area contributed by atoms with E-state index in [9.17, 15) is 14.9 Å². The monoisotopic (exact) mass is 385 g/mol. The van der Waals surface area contributed by atoms with Crippen LogP contribution in [-0.2, 0) is 4.79 Å². The Hall–Kier alpha value is -3.00. The van der Waals surface area contributed by atoms with Gasteiger partial charge in [0, 0.05) is 18.6 Å². The van der Waals surface area contributed by atoms with Crippen LogP contribution in [0.4, 0.5) is 10.8 Å². The molecule has 0 saturated heterocycles. The van der Waals surface area contributed by atoms with Gasteiger partial charge in [-0.25, -0.2) is 4.98 Å². The first-order valence-electron chi connectivity index (χ1n) is 8.48.